The summed E-state index contributed by atoms with van der Waals surface area (Å²) in [7, 11) is -3.82. The van der Waals surface area contributed by atoms with Gasteiger partial charge in [-0.1, -0.05) is 17.7 Å². The van der Waals surface area contributed by atoms with Gasteiger partial charge in [0.2, 0.25) is 0 Å². The number of amides is 1. The fraction of sp³-hybridized carbons (Fsp3) is 0.174. The third kappa shape index (κ3) is 4.64. The van der Waals surface area contributed by atoms with Crippen molar-refractivity contribution in [1.82, 2.24) is 0 Å². The number of benzene rings is 3. The summed E-state index contributed by atoms with van der Waals surface area (Å²) in [5.41, 5.74) is 3.58. The lowest BCUT2D eigenvalue weighted by Gasteiger charge is -2.19. The molecule has 0 aromatic heterocycles. The van der Waals surface area contributed by atoms with Gasteiger partial charge in [0.1, 0.15) is 13.2 Å². The van der Waals surface area contributed by atoms with E-state index in [-0.39, 0.29) is 10.8 Å². The Morgan fingerprint density at radius 2 is 1.58 bits per heavy atom. The molecule has 160 valence electrons. The van der Waals surface area contributed by atoms with Gasteiger partial charge >= 0.3 is 0 Å². The second kappa shape index (κ2) is 8.31. The summed E-state index contributed by atoms with van der Waals surface area (Å²) < 4.78 is 38.8. The molecule has 2 N–H and O–H groups in total. The first kappa shape index (κ1) is 20.7. The van der Waals surface area contributed by atoms with Crippen molar-refractivity contribution in [3.63, 3.8) is 0 Å². The van der Waals surface area contributed by atoms with Crippen LogP contribution in [0.15, 0.2) is 65.6 Å². The molecule has 1 aliphatic heterocycles. The predicted octanol–water partition coefficient (Wildman–Crippen LogP) is 4.13. The third-order valence-electron chi connectivity index (χ3n) is 4.85. The number of aryl methyl sites for hydroxylation is 2. The van der Waals surface area contributed by atoms with Crippen LogP contribution < -0.4 is 19.5 Å². The van der Waals surface area contributed by atoms with E-state index in [1.807, 2.05) is 32.0 Å². The molecule has 1 aliphatic rings. The Morgan fingerprint density at radius 1 is 0.871 bits per heavy atom. The Hall–Kier alpha value is -3.52. The van der Waals surface area contributed by atoms with Crippen molar-refractivity contribution in [3.8, 4) is 11.5 Å². The second-order valence-corrected chi connectivity index (χ2v) is 8.94. The Bertz CT molecular complexity index is 1240. The molecule has 4 rings (SSSR count). The van der Waals surface area contributed by atoms with Crippen LogP contribution in [0.4, 0.5) is 11.4 Å². The van der Waals surface area contributed by atoms with E-state index in [2.05, 4.69) is 10.0 Å². The van der Waals surface area contributed by atoms with Crippen molar-refractivity contribution in [3.05, 3.63) is 77.4 Å². The molecule has 0 fully saturated rings. The first-order chi connectivity index (χ1) is 14.8. The molecule has 0 bridgehead atoms. The van der Waals surface area contributed by atoms with Gasteiger partial charge in [-0.25, -0.2) is 8.42 Å². The normalized spacial score (nSPS) is 12.8. The number of anilines is 2. The smallest absolute Gasteiger partial charge is 0.262 e. The largest absolute Gasteiger partial charge is 0.486 e. The lowest BCUT2D eigenvalue weighted by molar-refractivity contribution is 0.102. The van der Waals surface area contributed by atoms with Crippen LogP contribution in [0.3, 0.4) is 0 Å². The monoisotopic (exact) mass is 438 g/mol. The molecule has 31 heavy (non-hydrogen) atoms. The van der Waals surface area contributed by atoms with Gasteiger partial charge in [0.05, 0.1) is 4.90 Å². The maximum atomic E-state index is 12.7. The van der Waals surface area contributed by atoms with E-state index in [4.69, 9.17) is 9.47 Å². The zero-order valence-corrected chi connectivity index (χ0v) is 18.0. The summed E-state index contributed by atoms with van der Waals surface area (Å²) in [4.78, 5) is 12.6. The number of carbonyl (C=O) groups excluding carboxylic acids is 1. The first-order valence-electron chi connectivity index (χ1n) is 9.73. The molecule has 1 heterocycles. The van der Waals surface area contributed by atoms with Gasteiger partial charge in [-0.05, 0) is 61.9 Å². The average Bonchev–Trinajstić information content (AvgIpc) is 2.75. The van der Waals surface area contributed by atoms with Gasteiger partial charge < -0.3 is 14.8 Å². The Balaban J connectivity index is 1.47. The Morgan fingerprint density at radius 3 is 2.29 bits per heavy atom. The molecule has 0 radical (unpaired) electrons. The van der Waals surface area contributed by atoms with E-state index in [0.29, 0.717) is 36.0 Å². The molecule has 3 aromatic rings. The molecular weight excluding hydrogens is 416 g/mol. The number of ether oxygens (including phenoxy) is 2. The van der Waals surface area contributed by atoms with Gasteiger partial charge in [0.15, 0.2) is 11.5 Å². The molecule has 0 atom stereocenters. The molecule has 1 amide bonds. The minimum absolute atomic E-state index is 0.0633. The summed E-state index contributed by atoms with van der Waals surface area (Å²) >= 11 is 0. The maximum absolute atomic E-state index is 12.7. The molecule has 0 unspecified atom stereocenters. The Kier molecular flexibility index (Phi) is 5.56. The first-order valence-corrected chi connectivity index (χ1v) is 11.2. The van der Waals surface area contributed by atoms with Crippen molar-refractivity contribution in [2.75, 3.05) is 23.3 Å². The summed E-state index contributed by atoms with van der Waals surface area (Å²) in [5, 5.41) is 2.87. The standard InChI is InChI=1S/C23H22N2O5S/c1-15-3-9-20(16(2)13-15)24-23(26)17-4-6-18(7-5-17)25-31(27,28)19-8-10-21-22(14-19)30-12-11-29-21/h3-10,13-14,25H,11-12H2,1-2H3,(H,24,26). The fourth-order valence-electron chi connectivity index (χ4n) is 3.24. The van der Waals surface area contributed by atoms with E-state index in [9.17, 15) is 13.2 Å². The summed E-state index contributed by atoms with van der Waals surface area (Å²) in [6.45, 7) is 4.72. The predicted molar refractivity (Wildman–Crippen MR) is 119 cm³/mol. The van der Waals surface area contributed by atoms with E-state index >= 15 is 0 Å². The number of fused-ring (bicyclic) bond motifs is 1. The molecule has 0 saturated heterocycles. The number of sulfonamides is 1. The van der Waals surface area contributed by atoms with Gasteiger partial charge in [0, 0.05) is 23.0 Å². The van der Waals surface area contributed by atoms with Crippen LogP contribution in [0.2, 0.25) is 0 Å². The zero-order valence-electron chi connectivity index (χ0n) is 17.1. The highest BCUT2D eigenvalue weighted by molar-refractivity contribution is 7.92. The average molecular weight is 439 g/mol. The van der Waals surface area contributed by atoms with Crippen LogP contribution in [0.5, 0.6) is 11.5 Å². The number of hydrogen-bond acceptors (Lipinski definition) is 5. The van der Waals surface area contributed by atoms with Crippen LogP contribution in [-0.4, -0.2) is 27.5 Å². The van der Waals surface area contributed by atoms with Crippen molar-refractivity contribution in [1.29, 1.82) is 0 Å². The lowest BCUT2D eigenvalue weighted by atomic mass is 10.1. The molecule has 7 nitrogen and oxygen atoms in total. The third-order valence-corrected chi connectivity index (χ3v) is 6.23. The maximum Gasteiger partial charge on any atom is 0.262 e. The number of nitrogens with one attached hydrogen (secondary N) is 2. The summed E-state index contributed by atoms with van der Waals surface area (Å²) in [6, 6.07) is 16.5. The number of carbonyl (C=O) groups is 1. The van der Waals surface area contributed by atoms with E-state index in [0.717, 1.165) is 16.8 Å². The minimum atomic E-state index is -3.82. The van der Waals surface area contributed by atoms with E-state index in [1.54, 1.807) is 30.3 Å². The summed E-state index contributed by atoms with van der Waals surface area (Å²) in [6.07, 6.45) is 0. The molecule has 8 heteroatoms. The molecule has 0 aliphatic carbocycles. The molecule has 3 aromatic carbocycles. The van der Waals surface area contributed by atoms with Crippen LogP contribution in [0.25, 0.3) is 0 Å². The zero-order chi connectivity index (χ0) is 22.0. The highest BCUT2D eigenvalue weighted by Gasteiger charge is 2.19. The topological polar surface area (TPSA) is 93.7 Å². The van der Waals surface area contributed by atoms with Gasteiger partial charge in [0.25, 0.3) is 15.9 Å². The number of hydrogen-bond donors (Lipinski definition) is 2. The molecular formula is C23H22N2O5S. The molecule has 0 saturated carbocycles. The lowest BCUT2D eigenvalue weighted by Crippen LogP contribution is -2.17. The van der Waals surface area contributed by atoms with Crippen molar-refractivity contribution < 1.29 is 22.7 Å². The van der Waals surface area contributed by atoms with Crippen molar-refractivity contribution in [2.45, 2.75) is 18.7 Å². The summed E-state index contributed by atoms with van der Waals surface area (Å²) in [5.74, 6) is 0.644. The Labute approximate surface area is 181 Å². The van der Waals surface area contributed by atoms with Crippen LogP contribution in [0.1, 0.15) is 21.5 Å². The van der Waals surface area contributed by atoms with Gasteiger partial charge in [-0.2, -0.15) is 0 Å². The molecule has 0 spiro atoms. The fourth-order valence-corrected chi connectivity index (χ4v) is 4.32. The van der Waals surface area contributed by atoms with E-state index < -0.39 is 10.0 Å². The SMILES string of the molecule is Cc1ccc(NC(=O)c2ccc(NS(=O)(=O)c3ccc4c(c3)OCCO4)cc2)c(C)c1. The highest BCUT2D eigenvalue weighted by Crippen LogP contribution is 2.32. The number of rotatable bonds is 5. The van der Waals surface area contributed by atoms with Gasteiger partial charge in [-0.3, -0.25) is 9.52 Å². The minimum Gasteiger partial charge on any atom is -0.486 e. The van der Waals surface area contributed by atoms with E-state index in [1.165, 1.54) is 12.1 Å². The van der Waals surface area contributed by atoms with Crippen LogP contribution in [-0.2, 0) is 10.0 Å². The highest BCUT2D eigenvalue weighted by atomic mass is 32.2. The van der Waals surface area contributed by atoms with Gasteiger partial charge in [-0.15, -0.1) is 0 Å². The van der Waals surface area contributed by atoms with Crippen molar-refractivity contribution >= 4 is 27.3 Å². The quantitative estimate of drug-likeness (QED) is 0.625. The van der Waals surface area contributed by atoms with Crippen LogP contribution >= 0.6 is 0 Å². The second-order valence-electron chi connectivity index (χ2n) is 7.26. The van der Waals surface area contributed by atoms with Crippen molar-refractivity contribution in [2.24, 2.45) is 0 Å². The van der Waals surface area contributed by atoms with Crippen LogP contribution in [0, 0.1) is 13.8 Å².